The fourth-order valence-electron chi connectivity index (χ4n) is 4.42. The number of hydrogen-bond acceptors (Lipinski definition) is 3. The maximum Gasteiger partial charge on any atom is 0.323 e. The average Bonchev–Trinajstić information content (AvgIpc) is 3.31. The summed E-state index contributed by atoms with van der Waals surface area (Å²) in [6.07, 6.45) is 2.10. The number of hydrogen-bond donors (Lipinski definition) is 3. The molecule has 1 fully saturated rings. The fourth-order valence-corrected chi connectivity index (χ4v) is 6.04. The van der Waals surface area contributed by atoms with E-state index in [4.69, 9.17) is 0 Å². The molecule has 6 nitrogen and oxygen atoms in total. The molecule has 33 heavy (non-hydrogen) atoms. The maximum absolute atomic E-state index is 13.0. The maximum atomic E-state index is 13.0. The summed E-state index contributed by atoms with van der Waals surface area (Å²) in [5.41, 5.74) is 3.40. The van der Waals surface area contributed by atoms with Crippen LogP contribution >= 0.6 is 7.37 Å². The third-order valence-electron chi connectivity index (χ3n) is 6.11. The number of Topliss-reactive ketones (excluding diaryl/α,β-unsaturated/α-hetero) is 1. The van der Waals surface area contributed by atoms with Crippen molar-refractivity contribution in [2.75, 3.05) is 17.3 Å². The van der Waals surface area contributed by atoms with E-state index >= 15 is 0 Å². The highest BCUT2D eigenvalue weighted by Crippen LogP contribution is 2.53. The second kappa shape index (κ2) is 9.74. The van der Waals surface area contributed by atoms with E-state index in [0.717, 1.165) is 17.5 Å². The number of anilines is 2. The van der Waals surface area contributed by atoms with Crippen LogP contribution in [-0.4, -0.2) is 29.0 Å². The molecule has 1 aliphatic carbocycles. The minimum atomic E-state index is -3.29. The van der Waals surface area contributed by atoms with Gasteiger partial charge in [-0.25, -0.2) is 4.79 Å². The summed E-state index contributed by atoms with van der Waals surface area (Å²) in [4.78, 5) is 35.1. The van der Waals surface area contributed by atoms with Crippen molar-refractivity contribution >= 4 is 30.6 Å². The Morgan fingerprint density at radius 3 is 1.94 bits per heavy atom. The Hall–Kier alpha value is -3.21. The zero-order chi connectivity index (χ0) is 23.4. The zero-order valence-corrected chi connectivity index (χ0v) is 19.3. The second-order valence-electron chi connectivity index (χ2n) is 8.51. The van der Waals surface area contributed by atoms with E-state index in [1.165, 1.54) is 6.66 Å². The smallest absolute Gasteiger partial charge is 0.323 e. The lowest BCUT2D eigenvalue weighted by Gasteiger charge is -2.21. The summed E-state index contributed by atoms with van der Waals surface area (Å²) in [6, 6.07) is 23.7. The van der Waals surface area contributed by atoms with E-state index in [1.807, 2.05) is 66.7 Å². The normalized spacial score (nSPS) is 19.5. The first-order valence-corrected chi connectivity index (χ1v) is 13.2. The molecule has 1 aliphatic rings. The molecule has 4 rings (SSSR count). The molecule has 0 radical (unpaired) electrons. The Labute approximate surface area is 193 Å². The molecule has 3 N–H and O–H groups in total. The van der Waals surface area contributed by atoms with Crippen LogP contribution in [0.4, 0.5) is 16.2 Å². The first-order chi connectivity index (χ1) is 15.8. The van der Waals surface area contributed by atoms with Gasteiger partial charge >= 0.3 is 6.03 Å². The van der Waals surface area contributed by atoms with Gasteiger partial charge in [-0.3, -0.25) is 9.36 Å². The number of rotatable bonds is 6. The van der Waals surface area contributed by atoms with Gasteiger partial charge in [0.2, 0.25) is 7.37 Å². The van der Waals surface area contributed by atoms with Gasteiger partial charge in [-0.15, -0.1) is 0 Å². The molecule has 0 aliphatic heterocycles. The van der Waals surface area contributed by atoms with E-state index < -0.39 is 13.0 Å². The monoisotopic (exact) mass is 462 g/mol. The Morgan fingerprint density at radius 2 is 1.36 bits per heavy atom. The van der Waals surface area contributed by atoms with Gasteiger partial charge < -0.3 is 15.5 Å². The van der Waals surface area contributed by atoms with Crippen molar-refractivity contribution < 1.29 is 19.0 Å². The van der Waals surface area contributed by atoms with Crippen molar-refractivity contribution in [2.45, 2.75) is 24.9 Å². The van der Waals surface area contributed by atoms with E-state index in [0.29, 0.717) is 29.8 Å². The summed E-state index contributed by atoms with van der Waals surface area (Å²) in [5.74, 6) is -0.437. The summed E-state index contributed by atoms with van der Waals surface area (Å²) in [6.45, 7) is 1.36. The highest BCUT2D eigenvalue weighted by Gasteiger charge is 2.41. The third-order valence-corrected chi connectivity index (χ3v) is 7.96. The number of para-hydroxylation sites is 1. The molecule has 7 heteroatoms. The lowest BCUT2D eigenvalue weighted by Crippen LogP contribution is -2.23. The van der Waals surface area contributed by atoms with Crippen LogP contribution in [0.15, 0.2) is 78.9 Å². The van der Waals surface area contributed by atoms with Crippen molar-refractivity contribution in [2.24, 2.45) is 5.92 Å². The number of nitrogens with one attached hydrogen (secondary N) is 2. The Balaban J connectivity index is 1.40. The lowest BCUT2D eigenvalue weighted by molar-refractivity contribution is 0.0922. The molecule has 0 saturated heterocycles. The van der Waals surface area contributed by atoms with Gasteiger partial charge in [0.1, 0.15) is 0 Å². The van der Waals surface area contributed by atoms with E-state index in [1.54, 1.807) is 12.1 Å². The van der Waals surface area contributed by atoms with Gasteiger partial charge in [0.25, 0.3) is 0 Å². The number of carbonyl (C=O) groups excluding carboxylic acids is 2. The van der Waals surface area contributed by atoms with Crippen LogP contribution in [-0.2, 0) is 4.57 Å². The van der Waals surface area contributed by atoms with Crippen LogP contribution in [0.1, 0.15) is 29.6 Å². The summed E-state index contributed by atoms with van der Waals surface area (Å²) in [7, 11) is -3.29. The highest BCUT2D eigenvalue weighted by molar-refractivity contribution is 7.58. The third kappa shape index (κ3) is 5.59. The average molecular weight is 462 g/mol. The molecule has 2 amide bonds. The van der Waals surface area contributed by atoms with Crippen molar-refractivity contribution in [1.82, 2.24) is 0 Å². The Morgan fingerprint density at radius 1 is 0.818 bits per heavy atom. The van der Waals surface area contributed by atoms with Crippen molar-refractivity contribution in [3.8, 4) is 11.1 Å². The van der Waals surface area contributed by atoms with E-state index in [2.05, 4.69) is 10.6 Å². The minimum absolute atomic E-state index is 0.0517. The molecule has 3 atom stereocenters. The van der Waals surface area contributed by atoms with Crippen LogP contribution in [0.5, 0.6) is 0 Å². The summed E-state index contributed by atoms with van der Waals surface area (Å²) < 4.78 is 12.2. The van der Waals surface area contributed by atoms with Crippen molar-refractivity contribution in [3.63, 3.8) is 0 Å². The summed E-state index contributed by atoms with van der Waals surface area (Å²) >= 11 is 0. The molecular formula is C26H27N2O4P. The van der Waals surface area contributed by atoms with Crippen molar-refractivity contribution in [3.05, 3.63) is 84.4 Å². The molecule has 170 valence electrons. The molecular weight excluding hydrogens is 435 g/mol. The second-order valence-corrected chi connectivity index (χ2v) is 11.1. The van der Waals surface area contributed by atoms with Crippen LogP contribution in [0.3, 0.4) is 0 Å². The number of amides is 2. The highest BCUT2D eigenvalue weighted by atomic mass is 31.2. The first kappa shape index (κ1) is 23.0. The van der Waals surface area contributed by atoms with E-state index in [-0.39, 0.29) is 17.7 Å². The van der Waals surface area contributed by atoms with Crippen LogP contribution in [0.2, 0.25) is 0 Å². The SMILES string of the molecule is CP(=O)(O)C1CCC[C@H]1C(=O)c1ccc(-c2ccc(NC(=O)Nc3ccccc3)cc2)cc1. The predicted molar refractivity (Wildman–Crippen MR) is 132 cm³/mol. The fraction of sp³-hybridized carbons (Fsp3) is 0.231. The van der Waals surface area contributed by atoms with Crippen LogP contribution in [0, 0.1) is 5.92 Å². The number of benzene rings is 3. The first-order valence-electron chi connectivity index (χ1n) is 11.0. The predicted octanol–water partition coefficient (Wildman–Crippen LogP) is 6.25. The quantitative estimate of drug-likeness (QED) is 0.298. The molecule has 0 heterocycles. The zero-order valence-electron chi connectivity index (χ0n) is 18.4. The van der Waals surface area contributed by atoms with Crippen LogP contribution in [0.25, 0.3) is 11.1 Å². The van der Waals surface area contributed by atoms with Gasteiger partial charge in [-0.05, 0) is 48.2 Å². The van der Waals surface area contributed by atoms with Gasteiger partial charge in [0.05, 0.1) is 0 Å². The standard InChI is InChI=1S/C26H27N2O4P/c1-33(31,32)24-9-5-8-23(24)25(29)20-12-10-18(11-13-20)19-14-16-22(17-15-19)28-26(30)27-21-6-3-2-4-7-21/h2-4,6-7,10-17,23-24H,5,8-9H2,1H3,(H,31,32)(H2,27,28,30)/t23-,24?/m1/s1. The van der Waals surface area contributed by atoms with Gasteiger partial charge in [0.15, 0.2) is 5.78 Å². The van der Waals surface area contributed by atoms with E-state index in [9.17, 15) is 19.0 Å². The number of ketones is 1. The molecule has 0 aromatic heterocycles. The topological polar surface area (TPSA) is 95.5 Å². The molecule has 1 saturated carbocycles. The van der Waals surface area contributed by atoms with Crippen LogP contribution < -0.4 is 10.6 Å². The molecule has 3 aromatic rings. The van der Waals surface area contributed by atoms with Crippen molar-refractivity contribution in [1.29, 1.82) is 0 Å². The lowest BCUT2D eigenvalue weighted by atomic mass is 9.94. The Kier molecular flexibility index (Phi) is 6.77. The minimum Gasteiger partial charge on any atom is -0.344 e. The molecule has 0 spiro atoms. The Bertz CT molecular complexity index is 1170. The number of urea groups is 1. The van der Waals surface area contributed by atoms with Gasteiger partial charge in [-0.2, -0.15) is 0 Å². The molecule has 0 bridgehead atoms. The largest absolute Gasteiger partial charge is 0.344 e. The molecule has 3 aromatic carbocycles. The summed E-state index contributed by atoms with van der Waals surface area (Å²) in [5, 5.41) is 5.58. The molecule has 2 unspecified atom stereocenters. The number of carbonyl (C=O) groups is 2. The van der Waals surface area contributed by atoms with Gasteiger partial charge in [-0.1, -0.05) is 61.0 Å². The van der Waals surface area contributed by atoms with Gasteiger partial charge in [0, 0.05) is 35.2 Å².